The summed E-state index contributed by atoms with van der Waals surface area (Å²) >= 11 is 0. The Morgan fingerprint density at radius 2 is 2.10 bits per heavy atom. The summed E-state index contributed by atoms with van der Waals surface area (Å²) in [5, 5.41) is 9.15. The molecule has 0 aromatic rings. The Labute approximate surface area is 60.8 Å². The lowest BCUT2D eigenvalue weighted by molar-refractivity contribution is -0.0901. The van der Waals surface area contributed by atoms with Crippen LogP contribution in [-0.2, 0) is 4.74 Å². The van der Waals surface area contributed by atoms with Crippen LogP contribution in [0.3, 0.4) is 0 Å². The van der Waals surface area contributed by atoms with E-state index >= 15 is 0 Å². The predicted octanol–water partition coefficient (Wildman–Crippen LogP) is 1.08. The monoisotopic (exact) mass is 140 g/mol. The molecule has 2 heteroatoms. The zero-order valence-electron chi connectivity index (χ0n) is 5.86. The molecule has 0 amide bonds. The van der Waals surface area contributed by atoms with E-state index < -0.39 is 6.29 Å². The SMILES string of the molecule is C=CC1CC(C=C)C(O)O1. The van der Waals surface area contributed by atoms with E-state index in [0.29, 0.717) is 0 Å². The van der Waals surface area contributed by atoms with Gasteiger partial charge in [0, 0.05) is 5.92 Å². The first kappa shape index (κ1) is 7.51. The number of aliphatic hydroxyl groups excluding tert-OH is 1. The Morgan fingerprint density at radius 1 is 1.40 bits per heavy atom. The van der Waals surface area contributed by atoms with Crippen molar-refractivity contribution < 1.29 is 9.84 Å². The Hall–Kier alpha value is -0.600. The zero-order valence-corrected chi connectivity index (χ0v) is 5.86. The molecule has 0 aliphatic carbocycles. The molecule has 3 unspecified atom stereocenters. The summed E-state index contributed by atoms with van der Waals surface area (Å²) in [6.07, 6.45) is 3.54. The van der Waals surface area contributed by atoms with Crippen LogP contribution in [0.4, 0.5) is 0 Å². The van der Waals surface area contributed by atoms with E-state index in [1.54, 1.807) is 12.2 Å². The minimum atomic E-state index is -0.680. The molecule has 10 heavy (non-hydrogen) atoms. The van der Waals surface area contributed by atoms with Crippen molar-refractivity contribution in [2.24, 2.45) is 5.92 Å². The molecule has 0 spiro atoms. The molecule has 0 aromatic carbocycles. The highest BCUT2D eigenvalue weighted by atomic mass is 16.6. The van der Waals surface area contributed by atoms with Gasteiger partial charge in [0.05, 0.1) is 6.10 Å². The molecule has 1 rings (SSSR count). The second-order valence-electron chi connectivity index (χ2n) is 2.44. The first-order valence-electron chi connectivity index (χ1n) is 3.36. The van der Waals surface area contributed by atoms with E-state index in [1.807, 2.05) is 0 Å². The average molecular weight is 140 g/mol. The summed E-state index contributed by atoms with van der Waals surface area (Å²) in [6.45, 7) is 7.16. The Bertz CT molecular complexity index is 142. The summed E-state index contributed by atoms with van der Waals surface area (Å²) < 4.78 is 5.08. The fourth-order valence-electron chi connectivity index (χ4n) is 1.08. The third-order valence-electron chi connectivity index (χ3n) is 1.75. The maximum Gasteiger partial charge on any atom is 0.161 e. The van der Waals surface area contributed by atoms with Gasteiger partial charge in [0.1, 0.15) is 0 Å². The second-order valence-corrected chi connectivity index (χ2v) is 2.44. The molecule has 0 aromatic heterocycles. The first-order valence-corrected chi connectivity index (χ1v) is 3.36. The number of aliphatic hydroxyl groups is 1. The van der Waals surface area contributed by atoms with Gasteiger partial charge in [-0.2, -0.15) is 0 Å². The Balaban J connectivity index is 2.51. The molecular weight excluding hydrogens is 128 g/mol. The van der Waals surface area contributed by atoms with Crippen LogP contribution < -0.4 is 0 Å². The zero-order chi connectivity index (χ0) is 7.56. The fourth-order valence-corrected chi connectivity index (χ4v) is 1.08. The topological polar surface area (TPSA) is 29.5 Å². The maximum absolute atomic E-state index is 9.15. The van der Waals surface area contributed by atoms with Gasteiger partial charge in [0.15, 0.2) is 6.29 Å². The summed E-state index contributed by atoms with van der Waals surface area (Å²) in [6, 6.07) is 0. The van der Waals surface area contributed by atoms with E-state index in [9.17, 15) is 0 Å². The van der Waals surface area contributed by atoms with E-state index in [2.05, 4.69) is 13.2 Å². The molecule has 2 nitrogen and oxygen atoms in total. The summed E-state index contributed by atoms with van der Waals surface area (Å²) in [7, 11) is 0. The van der Waals surface area contributed by atoms with Crippen LogP contribution >= 0.6 is 0 Å². The van der Waals surface area contributed by atoms with Crippen molar-refractivity contribution in [3.8, 4) is 0 Å². The smallest absolute Gasteiger partial charge is 0.161 e. The van der Waals surface area contributed by atoms with Crippen LogP contribution in [-0.4, -0.2) is 17.5 Å². The number of hydrogen-bond acceptors (Lipinski definition) is 2. The average Bonchev–Trinajstić information content (AvgIpc) is 2.30. The van der Waals surface area contributed by atoms with Gasteiger partial charge >= 0.3 is 0 Å². The van der Waals surface area contributed by atoms with E-state index in [0.717, 1.165) is 6.42 Å². The highest BCUT2D eigenvalue weighted by Gasteiger charge is 2.29. The molecule has 1 fully saturated rings. The molecule has 0 bridgehead atoms. The van der Waals surface area contributed by atoms with Crippen molar-refractivity contribution in [1.82, 2.24) is 0 Å². The van der Waals surface area contributed by atoms with Gasteiger partial charge in [0.2, 0.25) is 0 Å². The van der Waals surface area contributed by atoms with Crippen LogP contribution in [0.2, 0.25) is 0 Å². The van der Waals surface area contributed by atoms with Crippen LogP contribution in [0, 0.1) is 5.92 Å². The van der Waals surface area contributed by atoms with Gasteiger partial charge in [-0.3, -0.25) is 0 Å². The number of rotatable bonds is 2. The van der Waals surface area contributed by atoms with Gasteiger partial charge in [-0.1, -0.05) is 12.2 Å². The quantitative estimate of drug-likeness (QED) is 0.581. The van der Waals surface area contributed by atoms with Crippen molar-refractivity contribution in [2.45, 2.75) is 18.8 Å². The van der Waals surface area contributed by atoms with E-state index in [4.69, 9.17) is 9.84 Å². The summed E-state index contributed by atoms with van der Waals surface area (Å²) in [5.41, 5.74) is 0. The summed E-state index contributed by atoms with van der Waals surface area (Å²) in [4.78, 5) is 0. The third kappa shape index (κ3) is 1.28. The molecule has 1 N–H and O–H groups in total. The lowest BCUT2D eigenvalue weighted by Crippen LogP contribution is -2.12. The van der Waals surface area contributed by atoms with Crippen LogP contribution in [0.25, 0.3) is 0 Å². The molecule has 1 aliphatic heterocycles. The summed E-state index contributed by atoms with van der Waals surface area (Å²) in [5.74, 6) is 0.0722. The predicted molar refractivity (Wildman–Crippen MR) is 39.4 cm³/mol. The highest BCUT2D eigenvalue weighted by Crippen LogP contribution is 2.25. The minimum Gasteiger partial charge on any atom is -0.367 e. The van der Waals surface area contributed by atoms with Gasteiger partial charge in [-0.25, -0.2) is 0 Å². The largest absolute Gasteiger partial charge is 0.367 e. The van der Waals surface area contributed by atoms with Crippen molar-refractivity contribution in [3.05, 3.63) is 25.3 Å². The standard InChI is InChI=1S/C8H12O2/c1-3-6-5-7(4-2)10-8(6)9/h3-4,6-9H,1-2,5H2. The van der Waals surface area contributed by atoms with E-state index in [1.165, 1.54) is 0 Å². The molecular formula is C8H12O2. The minimum absolute atomic E-state index is 0.00185. The highest BCUT2D eigenvalue weighted by molar-refractivity contribution is 4.94. The van der Waals surface area contributed by atoms with Gasteiger partial charge in [-0.05, 0) is 6.42 Å². The van der Waals surface area contributed by atoms with Gasteiger partial charge in [-0.15, -0.1) is 13.2 Å². The van der Waals surface area contributed by atoms with Crippen molar-refractivity contribution in [3.63, 3.8) is 0 Å². The first-order chi connectivity index (χ1) is 4.77. The molecule has 0 saturated carbocycles. The molecule has 1 aliphatic rings. The third-order valence-corrected chi connectivity index (χ3v) is 1.75. The van der Waals surface area contributed by atoms with E-state index in [-0.39, 0.29) is 12.0 Å². The van der Waals surface area contributed by atoms with Crippen LogP contribution in [0.15, 0.2) is 25.3 Å². The lowest BCUT2D eigenvalue weighted by atomic mass is 10.1. The second kappa shape index (κ2) is 2.99. The van der Waals surface area contributed by atoms with Gasteiger partial charge < -0.3 is 9.84 Å². The van der Waals surface area contributed by atoms with Crippen molar-refractivity contribution in [2.75, 3.05) is 0 Å². The molecule has 0 radical (unpaired) electrons. The Morgan fingerprint density at radius 3 is 2.40 bits per heavy atom. The molecule has 1 saturated heterocycles. The lowest BCUT2D eigenvalue weighted by Gasteiger charge is -2.05. The molecule has 56 valence electrons. The number of ether oxygens (including phenoxy) is 1. The normalized spacial score (nSPS) is 39.5. The Kier molecular flexibility index (Phi) is 2.25. The van der Waals surface area contributed by atoms with Crippen molar-refractivity contribution in [1.29, 1.82) is 0 Å². The van der Waals surface area contributed by atoms with Crippen LogP contribution in [0.5, 0.6) is 0 Å². The molecule has 1 heterocycles. The molecule has 3 atom stereocenters. The number of hydrogen-bond donors (Lipinski definition) is 1. The van der Waals surface area contributed by atoms with Crippen molar-refractivity contribution >= 4 is 0 Å². The van der Waals surface area contributed by atoms with Gasteiger partial charge in [0.25, 0.3) is 0 Å². The maximum atomic E-state index is 9.15. The fraction of sp³-hybridized carbons (Fsp3) is 0.500. The van der Waals surface area contributed by atoms with Crippen LogP contribution in [0.1, 0.15) is 6.42 Å².